The van der Waals surface area contributed by atoms with Crippen LogP contribution >= 0.6 is 0 Å². The molecule has 1 saturated carbocycles. The van der Waals surface area contributed by atoms with Gasteiger partial charge in [0, 0.05) is 18.1 Å². The molecule has 2 rings (SSSR count). The van der Waals surface area contributed by atoms with Crippen LogP contribution in [0.3, 0.4) is 0 Å². The SMILES string of the molecule is CCCC(Cc1ccccc1)NC(=O)NC1CC(N(CC)CC(=O)O)C1. The molecule has 144 valence electrons. The Bertz CT molecular complexity index is 573. The fraction of sp³-hybridized carbons (Fsp3) is 0.600. The average Bonchev–Trinajstić information content (AvgIpc) is 2.57. The van der Waals surface area contributed by atoms with Crippen LogP contribution in [0.15, 0.2) is 30.3 Å². The Kier molecular flexibility index (Phi) is 7.91. The van der Waals surface area contributed by atoms with Crippen molar-refractivity contribution in [3.8, 4) is 0 Å². The zero-order valence-corrected chi connectivity index (χ0v) is 15.8. The summed E-state index contributed by atoms with van der Waals surface area (Å²) in [6, 6.07) is 10.6. The van der Waals surface area contributed by atoms with Gasteiger partial charge in [-0.15, -0.1) is 0 Å². The summed E-state index contributed by atoms with van der Waals surface area (Å²) in [6.45, 7) is 4.87. The number of benzene rings is 1. The van der Waals surface area contributed by atoms with Crippen molar-refractivity contribution in [2.75, 3.05) is 13.1 Å². The van der Waals surface area contributed by atoms with Gasteiger partial charge in [-0.25, -0.2) is 4.79 Å². The molecule has 1 aliphatic rings. The number of carboxylic acids is 1. The Balaban J connectivity index is 1.76. The van der Waals surface area contributed by atoms with Crippen molar-refractivity contribution >= 4 is 12.0 Å². The number of likely N-dealkylation sites (N-methyl/N-ethyl adjacent to an activating group) is 1. The van der Waals surface area contributed by atoms with Crippen LogP contribution in [0.25, 0.3) is 0 Å². The summed E-state index contributed by atoms with van der Waals surface area (Å²) >= 11 is 0. The van der Waals surface area contributed by atoms with Crippen molar-refractivity contribution in [3.63, 3.8) is 0 Å². The largest absolute Gasteiger partial charge is 0.480 e. The van der Waals surface area contributed by atoms with Crippen molar-refractivity contribution in [2.24, 2.45) is 0 Å². The Hall–Kier alpha value is -2.08. The van der Waals surface area contributed by atoms with E-state index in [1.165, 1.54) is 5.56 Å². The number of nitrogens with one attached hydrogen (secondary N) is 2. The first-order valence-electron chi connectivity index (χ1n) is 9.58. The van der Waals surface area contributed by atoms with Gasteiger partial charge < -0.3 is 15.7 Å². The highest BCUT2D eigenvalue weighted by atomic mass is 16.4. The molecule has 6 nitrogen and oxygen atoms in total. The van der Waals surface area contributed by atoms with E-state index in [1.807, 2.05) is 30.0 Å². The molecule has 0 spiro atoms. The number of urea groups is 1. The predicted octanol–water partition coefficient (Wildman–Crippen LogP) is 2.63. The van der Waals surface area contributed by atoms with Gasteiger partial charge in [-0.05, 0) is 37.8 Å². The van der Waals surface area contributed by atoms with Gasteiger partial charge in [-0.3, -0.25) is 9.69 Å². The molecule has 3 N–H and O–H groups in total. The third-order valence-corrected chi connectivity index (χ3v) is 5.01. The molecule has 1 atom stereocenters. The molecule has 6 heteroatoms. The molecule has 0 saturated heterocycles. The lowest BCUT2D eigenvalue weighted by molar-refractivity contribution is -0.139. The molecular weight excluding hydrogens is 330 g/mol. The van der Waals surface area contributed by atoms with Gasteiger partial charge in [-0.1, -0.05) is 50.6 Å². The number of carbonyl (C=O) groups excluding carboxylic acids is 1. The quantitative estimate of drug-likeness (QED) is 0.598. The van der Waals surface area contributed by atoms with Gasteiger partial charge in [0.15, 0.2) is 0 Å². The number of carbonyl (C=O) groups is 2. The minimum Gasteiger partial charge on any atom is -0.480 e. The van der Waals surface area contributed by atoms with E-state index in [-0.39, 0.29) is 30.7 Å². The first-order valence-corrected chi connectivity index (χ1v) is 9.58. The molecule has 0 bridgehead atoms. The Morgan fingerprint density at radius 3 is 2.50 bits per heavy atom. The first-order chi connectivity index (χ1) is 12.5. The summed E-state index contributed by atoms with van der Waals surface area (Å²) in [6.07, 6.45) is 4.41. The molecule has 0 radical (unpaired) electrons. The maximum atomic E-state index is 12.3. The average molecular weight is 361 g/mol. The summed E-state index contributed by atoms with van der Waals surface area (Å²) in [4.78, 5) is 25.2. The third-order valence-electron chi connectivity index (χ3n) is 5.01. The van der Waals surface area contributed by atoms with Crippen molar-refractivity contribution in [1.29, 1.82) is 0 Å². The second kappa shape index (κ2) is 10.2. The molecule has 1 aliphatic carbocycles. The molecule has 0 aromatic heterocycles. The fourth-order valence-corrected chi connectivity index (χ4v) is 3.56. The van der Waals surface area contributed by atoms with E-state index in [0.29, 0.717) is 6.54 Å². The highest BCUT2D eigenvalue weighted by Gasteiger charge is 2.34. The molecular formula is C20H31N3O3. The van der Waals surface area contributed by atoms with Crippen LogP contribution in [0, 0.1) is 0 Å². The van der Waals surface area contributed by atoms with Crippen molar-refractivity contribution in [3.05, 3.63) is 35.9 Å². The fourth-order valence-electron chi connectivity index (χ4n) is 3.56. The number of aliphatic carboxylic acids is 1. The number of hydrogen-bond acceptors (Lipinski definition) is 3. The smallest absolute Gasteiger partial charge is 0.317 e. The topological polar surface area (TPSA) is 81.7 Å². The van der Waals surface area contributed by atoms with E-state index in [9.17, 15) is 9.59 Å². The van der Waals surface area contributed by atoms with E-state index < -0.39 is 5.97 Å². The van der Waals surface area contributed by atoms with Crippen molar-refractivity contribution in [1.82, 2.24) is 15.5 Å². The molecule has 26 heavy (non-hydrogen) atoms. The lowest BCUT2D eigenvalue weighted by Crippen LogP contribution is -2.57. The number of amides is 2. The van der Waals surface area contributed by atoms with E-state index >= 15 is 0 Å². The molecule has 1 unspecified atom stereocenters. The number of hydrogen-bond donors (Lipinski definition) is 3. The molecule has 1 aromatic rings. The zero-order valence-electron chi connectivity index (χ0n) is 15.8. The molecule has 0 aliphatic heterocycles. The lowest BCUT2D eigenvalue weighted by Gasteiger charge is -2.42. The molecule has 2 amide bonds. The van der Waals surface area contributed by atoms with Gasteiger partial charge >= 0.3 is 12.0 Å². The van der Waals surface area contributed by atoms with E-state index in [4.69, 9.17) is 5.11 Å². The van der Waals surface area contributed by atoms with Gasteiger partial charge in [0.1, 0.15) is 0 Å². The molecule has 1 fully saturated rings. The minimum atomic E-state index is -0.802. The van der Waals surface area contributed by atoms with Gasteiger partial charge in [0.2, 0.25) is 0 Å². The van der Waals surface area contributed by atoms with Crippen LogP contribution in [0.5, 0.6) is 0 Å². The summed E-state index contributed by atoms with van der Waals surface area (Å²) in [5.41, 5.74) is 1.22. The molecule has 1 aromatic carbocycles. The van der Waals surface area contributed by atoms with Crippen LogP contribution in [0.1, 0.15) is 45.1 Å². The summed E-state index contributed by atoms with van der Waals surface area (Å²) in [5.74, 6) is -0.802. The Morgan fingerprint density at radius 2 is 1.92 bits per heavy atom. The standard InChI is InChI=1S/C20H31N3O3/c1-3-8-16(11-15-9-6-5-7-10-15)21-20(26)22-17-12-18(13-17)23(4-2)14-19(24)25/h5-7,9-10,16-18H,3-4,8,11-14H2,1-2H3,(H,24,25)(H2,21,22,26). The summed E-state index contributed by atoms with van der Waals surface area (Å²) in [5, 5.41) is 15.1. The second-order valence-corrected chi connectivity index (χ2v) is 7.07. The maximum absolute atomic E-state index is 12.3. The first kappa shape index (κ1) is 20.2. The second-order valence-electron chi connectivity index (χ2n) is 7.07. The Labute approximate surface area is 156 Å². The van der Waals surface area contributed by atoms with Crippen molar-refractivity contribution in [2.45, 2.75) is 64.1 Å². The van der Waals surface area contributed by atoms with E-state index in [1.54, 1.807) is 0 Å². The van der Waals surface area contributed by atoms with E-state index in [0.717, 1.165) is 32.1 Å². The molecule has 0 heterocycles. The zero-order chi connectivity index (χ0) is 18.9. The number of carboxylic acid groups (broad SMARTS) is 1. The predicted molar refractivity (Wildman–Crippen MR) is 102 cm³/mol. The monoisotopic (exact) mass is 361 g/mol. The van der Waals surface area contributed by atoms with Gasteiger partial charge in [0.25, 0.3) is 0 Å². The summed E-state index contributed by atoms with van der Waals surface area (Å²) in [7, 11) is 0. The van der Waals surface area contributed by atoms with Gasteiger partial charge in [0.05, 0.1) is 6.54 Å². The van der Waals surface area contributed by atoms with Crippen LogP contribution in [0.2, 0.25) is 0 Å². The lowest BCUT2D eigenvalue weighted by atomic mass is 9.85. The summed E-state index contributed by atoms with van der Waals surface area (Å²) < 4.78 is 0. The van der Waals surface area contributed by atoms with E-state index in [2.05, 4.69) is 29.7 Å². The maximum Gasteiger partial charge on any atom is 0.317 e. The number of rotatable bonds is 10. The van der Waals surface area contributed by atoms with Crippen LogP contribution in [-0.2, 0) is 11.2 Å². The van der Waals surface area contributed by atoms with Crippen LogP contribution in [0.4, 0.5) is 4.79 Å². The van der Waals surface area contributed by atoms with Crippen LogP contribution in [-0.4, -0.2) is 53.2 Å². The highest BCUT2D eigenvalue weighted by molar-refractivity contribution is 5.74. The normalized spacial score (nSPS) is 20.3. The van der Waals surface area contributed by atoms with Crippen molar-refractivity contribution < 1.29 is 14.7 Å². The third kappa shape index (κ3) is 6.33. The Morgan fingerprint density at radius 1 is 1.23 bits per heavy atom. The number of nitrogens with zero attached hydrogens (tertiary/aromatic N) is 1. The highest BCUT2D eigenvalue weighted by Crippen LogP contribution is 2.25. The van der Waals surface area contributed by atoms with Crippen LogP contribution < -0.4 is 10.6 Å². The minimum absolute atomic E-state index is 0.0652. The van der Waals surface area contributed by atoms with Gasteiger partial charge in [-0.2, -0.15) is 0 Å².